The van der Waals surface area contributed by atoms with Gasteiger partial charge in [-0.2, -0.15) is 0 Å². The van der Waals surface area contributed by atoms with E-state index < -0.39 is 129 Å². The van der Waals surface area contributed by atoms with Gasteiger partial charge in [0, 0.05) is 0 Å². The number of allylic oxidation sites excluding steroid dienone is 1. The molecule has 0 unspecified atom stereocenters. The summed E-state index contributed by atoms with van der Waals surface area (Å²) >= 11 is 0. The molecule has 18 nitrogen and oxygen atoms in total. The number of ether oxygens (including phenoxy) is 6. The van der Waals surface area contributed by atoms with Crippen molar-refractivity contribution < 1.29 is 89.4 Å². The molecule has 8 aliphatic rings. The van der Waals surface area contributed by atoms with E-state index in [1.165, 1.54) is 6.92 Å². The van der Waals surface area contributed by atoms with Crippen molar-refractivity contribution in [2.45, 2.75) is 211 Å². The van der Waals surface area contributed by atoms with Gasteiger partial charge < -0.3 is 84.6 Å². The number of hydrogen-bond donors (Lipinski definition) is 11. The topological polar surface area (TPSA) is 295 Å². The van der Waals surface area contributed by atoms with Gasteiger partial charge in [-0.1, -0.05) is 46.8 Å². The van der Waals surface area contributed by atoms with E-state index in [2.05, 4.69) is 41.2 Å². The van der Waals surface area contributed by atoms with Gasteiger partial charge in [0.1, 0.15) is 67.1 Å². The molecule has 66 heavy (non-hydrogen) atoms. The normalized spacial score (nSPS) is 55.7. The summed E-state index contributed by atoms with van der Waals surface area (Å²) in [6, 6.07) is 0. The lowest BCUT2D eigenvalue weighted by atomic mass is 9.31. The van der Waals surface area contributed by atoms with E-state index in [0.717, 1.165) is 24.8 Å². The minimum Gasteiger partial charge on any atom is -0.432 e. The van der Waals surface area contributed by atoms with E-state index in [-0.39, 0.29) is 51.2 Å². The molecular formula is C48H78O18. The van der Waals surface area contributed by atoms with Crippen LogP contribution in [0.5, 0.6) is 0 Å². The van der Waals surface area contributed by atoms with Crippen molar-refractivity contribution >= 4 is 5.97 Å². The number of hydrogen-bond acceptors (Lipinski definition) is 18. The van der Waals surface area contributed by atoms with Crippen LogP contribution in [0.2, 0.25) is 0 Å². The third-order valence-corrected chi connectivity index (χ3v) is 19.6. The second-order valence-electron chi connectivity index (χ2n) is 23.1. The smallest absolute Gasteiger partial charge is 0.314 e. The molecular weight excluding hydrogens is 865 g/mol. The van der Waals surface area contributed by atoms with E-state index in [1.54, 1.807) is 0 Å². The Kier molecular flexibility index (Phi) is 13.9. The van der Waals surface area contributed by atoms with E-state index in [4.69, 9.17) is 28.4 Å². The van der Waals surface area contributed by atoms with Gasteiger partial charge in [-0.3, -0.25) is 4.79 Å². The molecule has 5 saturated carbocycles. The van der Waals surface area contributed by atoms with E-state index in [9.17, 15) is 61.0 Å². The lowest BCUT2D eigenvalue weighted by molar-refractivity contribution is -0.361. The number of aliphatic hydroxyl groups is 11. The molecule has 3 saturated heterocycles. The number of esters is 1. The maximum atomic E-state index is 15.0. The number of fused-ring (bicyclic) bond motifs is 7. The molecule has 0 aromatic heterocycles. The van der Waals surface area contributed by atoms with Gasteiger partial charge in [-0.15, -0.1) is 0 Å². The fraction of sp³-hybridized carbons (Fsp3) is 0.938. The minimum atomic E-state index is -1.86. The number of carbonyl (C=O) groups excluding carboxylic acids is 1. The van der Waals surface area contributed by atoms with Crippen LogP contribution in [-0.2, 0) is 33.2 Å². The molecule has 0 amide bonds. The first-order valence-corrected chi connectivity index (χ1v) is 24.3. The van der Waals surface area contributed by atoms with Gasteiger partial charge in [-0.25, -0.2) is 0 Å². The molecule has 378 valence electrons. The summed E-state index contributed by atoms with van der Waals surface area (Å²) in [5, 5.41) is 120. The summed E-state index contributed by atoms with van der Waals surface area (Å²) in [6.07, 6.45) is -19.2. The lowest BCUT2D eigenvalue weighted by Crippen LogP contribution is -2.70. The Balaban J connectivity index is 0.975. The molecule has 8 fully saturated rings. The summed E-state index contributed by atoms with van der Waals surface area (Å²) < 4.78 is 34.7. The standard InChI is InChI=1S/C48H78O18/c1-20(2)22-9-14-48(16-15-46(7)23(29(22)48)17-24(50)39-45(6)12-11-28(51)44(4,5)27(45)10-13-47(39,46)8)43(60)66-42-36(58)33(55)31(53)26(64-42)19-61-40-37(59)34(56)38(25(18-49)63-40)65-41-35(57)32(54)30(52)21(3)62-41/h21-42,49-59H,1,9-19H2,2-8H3/t21-,22-,23+,24+,25+,26+,27-,28+,29-,30-,31+,32+,33-,34-,35+,36+,37+,38+,39+,40+,41-,42-,45-,46+,47+,48-/m0/s1. The molecule has 0 bridgehead atoms. The molecule has 26 atom stereocenters. The van der Waals surface area contributed by atoms with Crippen molar-refractivity contribution in [3.63, 3.8) is 0 Å². The van der Waals surface area contributed by atoms with Crippen LogP contribution >= 0.6 is 0 Å². The summed E-state index contributed by atoms with van der Waals surface area (Å²) in [7, 11) is 0. The molecule has 3 aliphatic heterocycles. The highest BCUT2D eigenvalue weighted by Gasteiger charge is 2.74. The van der Waals surface area contributed by atoms with Crippen LogP contribution in [0.4, 0.5) is 0 Å². The highest BCUT2D eigenvalue weighted by molar-refractivity contribution is 5.78. The fourth-order valence-electron chi connectivity index (χ4n) is 15.8. The van der Waals surface area contributed by atoms with Crippen LogP contribution in [-0.4, -0.2) is 180 Å². The molecule has 0 spiro atoms. The molecule has 3 heterocycles. The van der Waals surface area contributed by atoms with Crippen LogP contribution in [0.15, 0.2) is 12.2 Å². The van der Waals surface area contributed by atoms with E-state index in [0.29, 0.717) is 38.5 Å². The van der Waals surface area contributed by atoms with Crippen LogP contribution in [0, 0.1) is 56.7 Å². The average molecular weight is 943 g/mol. The SMILES string of the molecule is C=C(C)[C@@H]1CC[C@]2(C(=O)O[C@@H]3O[C@H](CO[C@@H]4O[C@H](CO)[C@@H](O[C@@H]5O[C@@H](C)[C@H](O)[C@@H](O)[C@H]5O)[C@@H](O)[C@H]4O)[C@@H](O)[C@H](O)[C@H]3O)CC[C@]3(C)[C@H](C[C@@H](O)[C@@H]4[C@@]5(C)CC[C@@H](O)C(C)(C)[C@@H]5CC[C@]43C)[C@H]12. The Labute approximate surface area is 387 Å². The molecule has 5 aliphatic carbocycles. The van der Waals surface area contributed by atoms with Gasteiger partial charge in [-0.05, 0) is 123 Å². The molecule has 11 N–H and O–H groups in total. The third-order valence-electron chi connectivity index (χ3n) is 19.6. The first-order chi connectivity index (χ1) is 30.8. The first-order valence-electron chi connectivity index (χ1n) is 24.3. The van der Waals surface area contributed by atoms with Crippen molar-refractivity contribution in [1.82, 2.24) is 0 Å². The second kappa shape index (κ2) is 18.0. The molecule has 18 heteroatoms. The van der Waals surface area contributed by atoms with Gasteiger partial charge in [0.2, 0.25) is 6.29 Å². The van der Waals surface area contributed by atoms with Gasteiger partial charge in [0.15, 0.2) is 12.6 Å². The molecule has 0 aromatic rings. The van der Waals surface area contributed by atoms with Gasteiger partial charge in [0.25, 0.3) is 0 Å². The maximum absolute atomic E-state index is 15.0. The predicted octanol–water partition coefficient (Wildman–Crippen LogP) is -0.00520. The summed E-state index contributed by atoms with van der Waals surface area (Å²) in [4.78, 5) is 15.0. The van der Waals surface area contributed by atoms with E-state index >= 15 is 0 Å². The van der Waals surface area contributed by atoms with Crippen molar-refractivity contribution in [1.29, 1.82) is 0 Å². The van der Waals surface area contributed by atoms with Crippen LogP contribution < -0.4 is 0 Å². The van der Waals surface area contributed by atoms with Crippen molar-refractivity contribution in [3.8, 4) is 0 Å². The predicted molar refractivity (Wildman–Crippen MR) is 230 cm³/mol. The molecule has 0 radical (unpaired) electrons. The zero-order chi connectivity index (χ0) is 48.4. The second-order valence-corrected chi connectivity index (χ2v) is 23.1. The first kappa shape index (κ1) is 50.9. The lowest BCUT2D eigenvalue weighted by Gasteiger charge is -2.73. The van der Waals surface area contributed by atoms with Crippen molar-refractivity contribution in [2.75, 3.05) is 13.2 Å². The number of rotatable bonds is 9. The summed E-state index contributed by atoms with van der Waals surface area (Å²) in [5.74, 6) is -0.766. The zero-order valence-corrected chi connectivity index (χ0v) is 39.5. The number of aliphatic hydroxyl groups excluding tert-OH is 11. The quantitative estimate of drug-likeness (QED) is 0.107. The highest BCUT2D eigenvalue weighted by Crippen LogP contribution is 2.77. The Morgan fingerprint density at radius 3 is 1.98 bits per heavy atom. The van der Waals surface area contributed by atoms with Crippen LogP contribution in [0.1, 0.15) is 106 Å². The Bertz CT molecular complexity index is 1780. The summed E-state index contributed by atoms with van der Waals surface area (Å²) in [6.45, 7) is 17.8. The van der Waals surface area contributed by atoms with Crippen molar-refractivity contribution in [2.24, 2.45) is 56.7 Å². The third kappa shape index (κ3) is 7.69. The van der Waals surface area contributed by atoms with Crippen molar-refractivity contribution in [3.05, 3.63) is 12.2 Å². The van der Waals surface area contributed by atoms with Gasteiger partial charge in [0.05, 0.1) is 36.9 Å². The van der Waals surface area contributed by atoms with Gasteiger partial charge >= 0.3 is 5.97 Å². The Morgan fingerprint density at radius 1 is 0.682 bits per heavy atom. The largest absolute Gasteiger partial charge is 0.432 e. The fourth-order valence-corrected chi connectivity index (χ4v) is 15.8. The molecule has 8 rings (SSSR count). The van der Waals surface area contributed by atoms with Crippen LogP contribution in [0.25, 0.3) is 0 Å². The highest BCUT2D eigenvalue weighted by atomic mass is 16.8. The average Bonchev–Trinajstić information content (AvgIpc) is 3.67. The number of carbonyl (C=O) groups is 1. The Morgan fingerprint density at radius 2 is 1.32 bits per heavy atom. The minimum absolute atomic E-state index is 0.00799. The zero-order valence-electron chi connectivity index (χ0n) is 39.5. The van der Waals surface area contributed by atoms with E-state index in [1.807, 2.05) is 6.92 Å². The Hall–Kier alpha value is -1.43. The maximum Gasteiger partial charge on any atom is 0.314 e. The summed E-state index contributed by atoms with van der Waals surface area (Å²) in [5.41, 5.74) is -1.12. The van der Waals surface area contributed by atoms with Crippen LogP contribution in [0.3, 0.4) is 0 Å². The molecule has 0 aromatic carbocycles. The monoisotopic (exact) mass is 943 g/mol.